The average molecular weight is 685 g/mol. The molecule has 2 rings (SSSR count). The second kappa shape index (κ2) is 29.5. The number of hydrogen-bond acceptors (Lipinski definition) is 8. The third kappa shape index (κ3) is 27.6. The molecule has 0 amide bonds. The predicted octanol–water partition coefficient (Wildman–Crippen LogP) is -5.34. The third-order valence-electron chi connectivity index (χ3n) is 3.65. The zero-order valence-corrected chi connectivity index (χ0v) is 24.4. The van der Waals surface area contributed by atoms with Gasteiger partial charge in [-0.3, -0.25) is 0 Å². The van der Waals surface area contributed by atoms with Gasteiger partial charge >= 0.3 is 23.9 Å². The Morgan fingerprint density at radius 3 is 0.710 bits per heavy atom. The molecule has 31 heavy (non-hydrogen) atoms. The van der Waals surface area contributed by atoms with Crippen molar-refractivity contribution < 1.29 is 71.9 Å². The van der Waals surface area contributed by atoms with Crippen molar-refractivity contribution in [3.05, 3.63) is 13.8 Å². The maximum atomic E-state index is 5.35. The van der Waals surface area contributed by atoms with Crippen LogP contribution in [0.2, 0.25) is 0 Å². The zero-order valence-electron chi connectivity index (χ0n) is 18.4. The number of halogens is 2. The van der Waals surface area contributed by atoms with Gasteiger partial charge in [-0.1, -0.05) is 0 Å². The van der Waals surface area contributed by atoms with E-state index in [1.165, 1.54) is 0 Å². The summed E-state index contributed by atoms with van der Waals surface area (Å²) in [5.74, 6) is 0.381. The van der Waals surface area contributed by atoms with Crippen LogP contribution in [-0.4, -0.2) is 130 Å². The van der Waals surface area contributed by atoms with E-state index in [9.17, 15) is 0 Å². The van der Waals surface area contributed by atoms with Crippen molar-refractivity contribution in [1.29, 1.82) is 0 Å². The Labute approximate surface area is 226 Å². The third-order valence-corrected chi connectivity index (χ3v) is 3.65. The minimum absolute atomic E-state index is 0. The van der Waals surface area contributed by atoms with E-state index in [0.717, 1.165) is 0 Å². The predicted molar refractivity (Wildman–Crippen MR) is 110 cm³/mol. The molecule has 0 saturated carbocycles. The van der Waals surface area contributed by atoms with Gasteiger partial charge in [0.25, 0.3) is 0 Å². The first kappa shape index (κ1) is 37.0. The maximum Gasteiger partial charge on any atom is 2.00 e. The average Bonchev–Trinajstić information content (AvgIpc) is 2.73. The van der Waals surface area contributed by atoms with Crippen molar-refractivity contribution in [3.63, 3.8) is 0 Å². The Morgan fingerprint density at radius 1 is 0.355 bits per heavy atom. The molecule has 0 aromatic rings. The van der Waals surface area contributed by atoms with Crippen molar-refractivity contribution >= 4 is 23.9 Å². The minimum Gasteiger partial charge on any atom is -1.00 e. The molecule has 0 bridgehead atoms. The molecule has 0 N–H and O–H groups in total. The van der Waals surface area contributed by atoms with Crippen molar-refractivity contribution in [2.75, 3.05) is 106 Å². The topological polar surface area (TPSA) is 73.8 Å². The summed E-state index contributed by atoms with van der Waals surface area (Å²) in [5.41, 5.74) is 0. The Kier molecular flexibility index (Phi) is 35.2. The Bertz CT molecular complexity index is 278. The molecule has 0 aromatic heterocycles. The molecule has 2 heterocycles. The van der Waals surface area contributed by atoms with Gasteiger partial charge in [0.05, 0.1) is 106 Å². The van der Waals surface area contributed by atoms with Crippen LogP contribution in [0.5, 0.6) is 0 Å². The summed E-state index contributed by atoms with van der Waals surface area (Å²) in [5, 5.41) is 0. The summed E-state index contributed by atoms with van der Waals surface area (Å²) in [4.78, 5) is 0. The summed E-state index contributed by atoms with van der Waals surface area (Å²) in [7, 11) is 0. The molecule has 184 valence electrons. The van der Waals surface area contributed by atoms with E-state index in [4.69, 9.17) is 37.9 Å². The van der Waals surface area contributed by atoms with E-state index in [0.29, 0.717) is 106 Å². The van der Waals surface area contributed by atoms with E-state index in [1.807, 2.05) is 0 Å². The second-order valence-electron chi connectivity index (χ2n) is 6.48. The van der Waals surface area contributed by atoms with Crippen LogP contribution in [0.4, 0.5) is 0 Å². The van der Waals surface area contributed by atoms with E-state index in [-0.39, 0.29) is 69.7 Å². The summed E-state index contributed by atoms with van der Waals surface area (Å²) in [6, 6.07) is 0. The van der Waals surface area contributed by atoms with Crippen LogP contribution in [0, 0.1) is 25.7 Å². The molecular weight excluding hydrogens is 647 g/mol. The number of hydrogen-bond donors (Lipinski definition) is 0. The maximum absolute atomic E-state index is 5.35. The number of ether oxygens (including phenoxy) is 8. The molecule has 2 saturated heterocycles. The summed E-state index contributed by atoms with van der Waals surface area (Å²) in [6.45, 7) is 17.8. The van der Waals surface area contributed by atoms with Gasteiger partial charge in [-0.2, -0.15) is 0 Å². The summed E-state index contributed by atoms with van der Waals surface area (Å²) < 4.78 is 42.5. The Morgan fingerprint density at radius 2 is 0.516 bits per heavy atom. The van der Waals surface area contributed by atoms with Crippen molar-refractivity contribution in [3.8, 4) is 0 Å². The van der Waals surface area contributed by atoms with Crippen LogP contribution in [0.25, 0.3) is 0 Å². The van der Waals surface area contributed by atoms with Gasteiger partial charge in [0.1, 0.15) is 0 Å². The molecular formula is C20H38Br2O8Sn. The molecule has 0 atom stereocenters. The SMILES string of the molecule is [Br-].[Br-].[CH2]C1COCCOCCOCCOC1.[CH2]C1COCCOCCOCCOC1.[Sn+2]. The van der Waals surface area contributed by atoms with Crippen LogP contribution in [0.1, 0.15) is 0 Å². The molecule has 0 spiro atoms. The molecule has 2 aliphatic heterocycles. The summed E-state index contributed by atoms with van der Waals surface area (Å²) >= 11 is 0. The monoisotopic (exact) mass is 684 g/mol. The van der Waals surface area contributed by atoms with Gasteiger partial charge in [-0.15, -0.1) is 0 Å². The van der Waals surface area contributed by atoms with E-state index < -0.39 is 0 Å². The Balaban J connectivity index is -0.000000461. The van der Waals surface area contributed by atoms with Crippen LogP contribution in [-0.2, 0) is 37.9 Å². The molecule has 2 aliphatic rings. The molecule has 8 nitrogen and oxygen atoms in total. The van der Waals surface area contributed by atoms with Gasteiger partial charge in [-0.05, 0) is 13.8 Å². The molecule has 0 unspecified atom stereocenters. The fourth-order valence-electron chi connectivity index (χ4n) is 2.21. The minimum atomic E-state index is 0. The van der Waals surface area contributed by atoms with Crippen molar-refractivity contribution in [2.45, 2.75) is 0 Å². The van der Waals surface area contributed by atoms with Gasteiger partial charge in [0, 0.05) is 11.8 Å². The molecule has 11 heteroatoms. The largest absolute Gasteiger partial charge is 2.00 e. The van der Waals surface area contributed by atoms with Crippen LogP contribution in [0.15, 0.2) is 0 Å². The quantitative estimate of drug-likeness (QED) is 0.235. The first-order valence-electron chi connectivity index (χ1n) is 10.1. The van der Waals surface area contributed by atoms with Gasteiger partial charge in [0.15, 0.2) is 0 Å². The molecule has 4 radical (unpaired) electrons. The van der Waals surface area contributed by atoms with E-state index >= 15 is 0 Å². The Hall–Kier alpha value is 1.44. The molecule has 0 aliphatic carbocycles. The fraction of sp³-hybridized carbons (Fsp3) is 0.900. The van der Waals surface area contributed by atoms with Crippen molar-refractivity contribution in [1.82, 2.24) is 0 Å². The van der Waals surface area contributed by atoms with Crippen LogP contribution in [0.3, 0.4) is 0 Å². The van der Waals surface area contributed by atoms with Crippen LogP contribution < -0.4 is 34.0 Å². The smallest absolute Gasteiger partial charge is 1.00 e. The van der Waals surface area contributed by atoms with E-state index in [1.54, 1.807) is 0 Å². The second-order valence-corrected chi connectivity index (χ2v) is 6.48. The van der Waals surface area contributed by atoms with Gasteiger partial charge < -0.3 is 71.9 Å². The number of rotatable bonds is 0. The normalized spacial score (nSPS) is 22.3. The molecule has 2 fully saturated rings. The summed E-state index contributed by atoms with van der Waals surface area (Å²) in [6.07, 6.45) is 0. The molecule has 0 aromatic carbocycles. The fourth-order valence-corrected chi connectivity index (χ4v) is 2.21. The standard InChI is InChI=1S/2C10H19O4.2BrH.Sn/c2*1-10-8-13-6-4-11-2-3-12-5-7-14-9-10;;;/h2*10H,1-9H2;2*1H;/q;;;;+2/p-2. The van der Waals surface area contributed by atoms with Crippen LogP contribution >= 0.6 is 0 Å². The van der Waals surface area contributed by atoms with Gasteiger partial charge in [-0.25, -0.2) is 0 Å². The van der Waals surface area contributed by atoms with Gasteiger partial charge in [0.2, 0.25) is 0 Å². The first-order valence-corrected chi connectivity index (χ1v) is 10.1. The zero-order chi connectivity index (χ0) is 20.1. The van der Waals surface area contributed by atoms with E-state index in [2.05, 4.69) is 13.8 Å². The first-order chi connectivity index (χ1) is 13.8. The van der Waals surface area contributed by atoms with Crippen molar-refractivity contribution in [2.24, 2.45) is 11.8 Å².